The Balaban J connectivity index is 3.14. The highest BCUT2D eigenvalue weighted by Crippen LogP contribution is 2.23. The molecule has 0 saturated carbocycles. The lowest BCUT2D eigenvalue weighted by molar-refractivity contribution is 0.168. The molecule has 0 bridgehead atoms. The molecular weight excluding hydrogens is 275 g/mol. The third-order valence-electron chi connectivity index (χ3n) is 2.49. The molecule has 0 atom stereocenters. The molecule has 0 fully saturated rings. The van der Waals surface area contributed by atoms with Crippen LogP contribution in [-0.2, 0) is 14.8 Å². The van der Waals surface area contributed by atoms with Crippen molar-refractivity contribution in [3.63, 3.8) is 0 Å². The van der Waals surface area contributed by atoms with Gasteiger partial charge in [0.2, 0.25) is 10.0 Å². The van der Waals surface area contributed by atoms with Crippen LogP contribution < -0.4 is 5.73 Å². The predicted molar refractivity (Wildman–Crippen MR) is 68.5 cm³/mol. The second-order valence-electron chi connectivity index (χ2n) is 3.80. The number of nitrogens with two attached hydrogens (primary N) is 1. The van der Waals surface area contributed by atoms with Gasteiger partial charge < -0.3 is 15.6 Å². The molecule has 0 aliphatic carbocycles. The molecule has 0 radical (unpaired) electrons. The molecule has 0 spiro atoms. The van der Waals surface area contributed by atoms with Crippen LogP contribution in [-0.4, -0.2) is 51.2 Å². The minimum atomic E-state index is -3.96. The summed E-state index contributed by atoms with van der Waals surface area (Å²) in [7, 11) is -2.53. The lowest BCUT2D eigenvalue weighted by Gasteiger charge is -2.21. The number of anilines is 1. The van der Waals surface area contributed by atoms with E-state index in [0.29, 0.717) is 0 Å². The van der Waals surface area contributed by atoms with Crippen molar-refractivity contribution in [2.45, 2.75) is 4.90 Å². The molecule has 0 heterocycles. The van der Waals surface area contributed by atoms with Gasteiger partial charge in [-0.1, -0.05) is 0 Å². The average Bonchev–Trinajstić information content (AvgIpc) is 2.37. The Morgan fingerprint density at radius 1 is 1.42 bits per heavy atom. The number of halogens is 1. The summed E-state index contributed by atoms with van der Waals surface area (Å²) < 4.78 is 43.6. The van der Waals surface area contributed by atoms with Gasteiger partial charge in [-0.25, -0.2) is 12.8 Å². The van der Waals surface area contributed by atoms with Crippen LogP contribution >= 0.6 is 0 Å². The average molecular weight is 292 g/mol. The number of nitrogens with zero attached hydrogens (tertiary/aromatic N) is 1. The Labute approximate surface area is 111 Å². The number of rotatable bonds is 7. The lowest BCUT2D eigenvalue weighted by atomic mass is 10.3. The van der Waals surface area contributed by atoms with Crippen molar-refractivity contribution in [2.75, 3.05) is 39.1 Å². The van der Waals surface area contributed by atoms with Gasteiger partial charge in [0.1, 0.15) is 10.7 Å². The van der Waals surface area contributed by atoms with Gasteiger partial charge in [-0.15, -0.1) is 0 Å². The summed E-state index contributed by atoms with van der Waals surface area (Å²) in [4.78, 5) is -0.308. The van der Waals surface area contributed by atoms with Crippen molar-refractivity contribution < 1.29 is 22.7 Å². The smallest absolute Gasteiger partial charge is 0.245 e. The van der Waals surface area contributed by atoms with Crippen molar-refractivity contribution in [1.82, 2.24) is 4.31 Å². The fraction of sp³-hybridized carbons (Fsp3) is 0.455. The van der Waals surface area contributed by atoms with Crippen LogP contribution in [0.4, 0.5) is 10.1 Å². The van der Waals surface area contributed by atoms with Crippen LogP contribution in [0.1, 0.15) is 0 Å². The van der Waals surface area contributed by atoms with Crippen molar-refractivity contribution >= 4 is 15.7 Å². The Morgan fingerprint density at radius 2 is 2.11 bits per heavy atom. The maximum Gasteiger partial charge on any atom is 0.245 e. The number of sulfonamides is 1. The van der Waals surface area contributed by atoms with Crippen LogP contribution in [0.5, 0.6) is 0 Å². The molecule has 1 aromatic carbocycles. The minimum absolute atomic E-state index is 0.0400. The van der Waals surface area contributed by atoms with E-state index in [9.17, 15) is 12.8 Å². The molecule has 8 heteroatoms. The Kier molecular flexibility index (Phi) is 5.67. The number of aliphatic hydroxyl groups excluding tert-OH is 1. The monoisotopic (exact) mass is 292 g/mol. The van der Waals surface area contributed by atoms with Gasteiger partial charge in [0, 0.05) is 20.2 Å². The van der Waals surface area contributed by atoms with E-state index in [0.717, 1.165) is 16.4 Å². The highest BCUT2D eigenvalue weighted by Gasteiger charge is 2.26. The molecule has 0 aliphatic heterocycles. The molecule has 108 valence electrons. The van der Waals surface area contributed by atoms with Gasteiger partial charge in [0.15, 0.2) is 0 Å². The highest BCUT2D eigenvalue weighted by atomic mass is 32.2. The normalized spacial score (nSPS) is 12.0. The standard InChI is InChI=1S/C11H17FN2O4S/c1-18-7-5-14(4-6-15)19(16,17)11-8-9(12)2-3-10(11)13/h2-3,8,15H,4-7,13H2,1H3. The molecule has 1 rings (SSSR count). The van der Waals surface area contributed by atoms with Crippen molar-refractivity contribution in [2.24, 2.45) is 0 Å². The zero-order valence-electron chi connectivity index (χ0n) is 10.5. The van der Waals surface area contributed by atoms with Gasteiger partial charge in [0.25, 0.3) is 0 Å². The van der Waals surface area contributed by atoms with Crippen LogP contribution in [0.15, 0.2) is 23.1 Å². The Bertz CT molecular complexity index is 521. The second-order valence-corrected chi connectivity index (χ2v) is 5.71. The van der Waals surface area contributed by atoms with Crippen LogP contribution in [0.2, 0.25) is 0 Å². The summed E-state index contributed by atoms with van der Waals surface area (Å²) in [6.07, 6.45) is 0. The van der Waals surface area contributed by atoms with E-state index in [4.69, 9.17) is 15.6 Å². The topological polar surface area (TPSA) is 92.9 Å². The zero-order chi connectivity index (χ0) is 14.5. The van der Waals surface area contributed by atoms with E-state index in [1.807, 2.05) is 0 Å². The molecule has 0 aliphatic rings. The highest BCUT2D eigenvalue weighted by molar-refractivity contribution is 7.89. The third-order valence-corrected chi connectivity index (χ3v) is 4.44. The van der Waals surface area contributed by atoms with E-state index >= 15 is 0 Å². The van der Waals surface area contributed by atoms with Gasteiger partial charge in [-0.05, 0) is 18.2 Å². The lowest BCUT2D eigenvalue weighted by Crippen LogP contribution is -2.36. The fourth-order valence-electron chi connectivity index (χ4n) is 1.53. The molecule has 1 aromatic rings. The van der Waals surface area contributed by atoms with E-state index in [-0.39, 0.29) is 36.9 Å². The van der Waals surface area contributed by atoms with E-state index in [1.54, 1.807) is 0 Å². The van der Waals surface area contributed by atoms with Crippen molar-refractivity contribution in [3.8, 4) is 0 Å². The third kappa shape index (κ3) is 3.87. The van der Waals surface area contributed by atoms with E-state index in [2.05, 4.69) is 0 Å². The van der Waals surface area contributed by atoms with Gasteiger partial charge in [-0.2, -0.15) is 4.31 Å². The van der Waals surface area contributed by atoms with Crippen molar-refractivity contribution in [3.05, 3.63) is 24.0 Å². The molecule has 3 N–H and O–H groups in total. The summed E-state index contributed by atoms with van der Waals surface area (Å²) in [5, 5.41) is 8.92. The van der Waals surface area contributed by atoms with Crippen molar-refractivity contribution in [1.29, 1.82) is 0 Å². The van der Waals surface area contributed by atoms with E-state index < -0.39 is 15.8 Å². The van der Waals surface area contributed by atoms with Gasteiger partial charge >= 0.3 is 0 Å². The first-order chi connectivity index (χ1) is 8.93. The van der Waals surface area contributed by atoms with Crippen LogP contribution in [0.3, 0.4) is 0 Å². The summed E-state index contributed by atoms with van der Waals surface area (Å²) in [6, 6.07) is 3.14. The minimum Gasteiger partial charge on any atom is -0.398 e. The molecule has 6 nitrogen and oxygen atoms in total. The SMILES string of the molecule is COCCN(CCO)S(=O)(=O)c1cc(F)ccc1N. The van der Waals surface area contributed by atoms with E-state index in [1.165, 1.54) is 13.2 Å². The maximum absolute atomic E-state index is 13.2. The first-order valence-electron chi connectivity index (χ1n) is 5.58. The first kappa shape index (κ1) is 15.8. The Hall–Kier alpha value is -1.22. The molecule has 0 saturated heterocycles. The number of benzene rings is 1. The number of hydrogen-bond donors (Lipinski definition) is 2. The summed E-state index contributed by atoms with van der Waals surface area (Å²) >= 11 is 0. The zero-order valence-corrected chi connectivity index (χ0v) is 11.4. The van der Waals surface area contributed by atoms with Gasteiger partial charge in [-0.3, -0.25) is 0 Å². The summed E-state index contributed by atoms with van der Waals surface area (Å²) in [5.74, 6) is -0.691. The van der Waals surface area contributed by atoms with Crippen LogP contribution in [0.25, 0.3) is 0 Å². The number of aliphatic hydroxyl groups is 1. The summed E-state index contributed by atoms with van der Waals surface area (Å²) in [6.45, 7) is -0.246. The second kappa shape index (κ2) is 6.80. The maximum atomic E-state index is 13.2. The predicted octanol–water partition coefficient (Wildman–Crippen LogP) is 0.0373. The molecular formula is C11H17FN2O4S. The molecule has 0 amide bonds. The van der Waals surface area contributed by atoms with Crippen LogP contribution in [0, 0.1) is 5.82 Å². The Morgan fingerprint density at radius 3 is 2.68 bits per heavy atom. The number of hydrogen-bond acceptors (Lipinski definition) is 5. The molecule has 19 heavy (non-hydrogen) atoms. The molecule has 0 unspecified atom stereocenters. The molecule has 0 aromatic heterocycles. The van der Waals surface area contributed by atoms with Gasteiger partial charge in [0.05, 0.1) is 18.9 Å². The fourth-order valence-corrected chi connectivity index (χ4v) is 3.07. The summed E-state index contributed by atoms with van der Waals surface area (Å²) in [5.41, 5.74) is 5.53. The number of ether oxygens (including phenoxy) is 1. The number of methoxy groups -OCH3 is 1. The first-order valence-corrected chi connectivity index (χ1v) is 7.02. The number of nitrogen functional groups attached to an aromatic ring is 1. The largest absolute Gasteiger partial charge is 0.398 e. The quantitative estimate of drug-likeness (QED) is 0.692.